The van der Waals surface area contributed by atoms with Crippen LogP contribution in [0, 0.1) is 13.8 Å². The van der Waals surface area contributed by atoms with Crippen LogP contribution in [0.1, 0.15) is 51.3 Å². The lowest BCUT2D eigenvalue weighted by Crippen LogP contribution is -2.20. The fraction of sp³-hybridized carbons (Fsp3) is 0.471. The lowest BCUT2D eigenvalue weighted by atomic mass is 10.1. The van der Waals surface area contributed by atoms with Crippen molar-refractivity contribution in [1.29, 1.82) is 0 Å². The molecule has 0 spiro atoms. The van der Waals surface area contributed by atoms with E-state index in [4.69, 9.17) is 5.73 Å². The van der Waals surface area contributed by atoms with E-state index in [0.29, 0.717) is 24.2 Å². The number of carbonyl (C=O) groups is 2. The molecule has 3 N–H and O–H groups in total. The summed E-state index contributed by atoms with van der Waals surface area (Å²) in [5.41, 5.74) is 8.06. The Labute approximate surface area is 146 Å². The quantitative estimate of drug-likeness (QED) is 0.806. The summed E-state index contributed by atoms with van der Waals surface area (Å²) in [6.45, 7) is 6.12. The Morgan fingerprint density at radius 1 is 1.38 bits per heavy atom. The molecular formula is C17H24N4O2S. The van der Waals surface area contributed by atoms with Crippen LogP contribution in [0.3, 0.4) is 0 Å². The van der Waals surface area contributed by atoms with Crippen LogP contribution < -0.4 is 11.1 Å². The molecule has 0 radical (unpaired) electrons. The number of nitrogens with one attached hydrogen (secondary N) is 1. The maximum Gasteiger partial charge on any atom is 0.269 e. The fourth-order valence-corrected chi connectivity index (χ4v) is 3.79. The van der Waals surface area contributed by atoms with Crippen LogP contribution in [0.25, 0.3) is 0 Å². The summed E-state index contributed by atoms with van der Waals surface area (Å²) in [5, 5.41) is 7.07. The van der Waals surface area contributed by atoms with Crippen LogP contribution in [-0.4, -0.2) is 21.6 Å². The molecule has 130 valence electrons. The third-order valence-corrected chi connectivity index (χ3v) is 4.95. The third kappa shape index (κ3) is 4.03. The second-order valence-electron chi connectivity index (χ2n) is 5.85. The van der Waals surface area contributed by atoms with Crippen molar-refractivity contribution in [2.24, 2.45) is 12.8 Å². The van der Waals surface area contributed by atoms with Gasteiger partial charge in [-0.3, -0.25) is 14.3 Å². The molecule has 0 atom stereocenters. The zero-order valence-corrected chi connectivity index (χ0v) is 15.4. The Balaban J connectivity index is 2.00. The van der Waals surface area contributed by atoms with Gasteiger partial charge in [0.05, 0.1) is 11.4 Å². The van der Waals surface area contributed by atoms with E-state index in [1.165, 1.54) is 20.0 Å². The predicted molar refractivity (Wildman–Crippen MR) is 96.5 cm³/mol. The highest BCUT2D eigenvalue weighted by Crippen LogP contribution is 2.23. The minimum Gasteiger partial charge on any atom is -0.364 e. The van der Waals surface area contributed by atoms with Crippen molar-refractivity contribution in [3.05, 3.63) is 32.8 Å². The number of aryl methyl sites for hydroxylation is 5. The second kappa shape index (κ2) is 7.61. The van der Waals surface area contributed by atoms with Crippen molar-refractivity contribution in [2.45, 2.75) is 46.5 Å². The average molecular weight is 348 g/mol. The minimum absolute atomic E-state index is 0.121. The van der Waals surface area contributed by atoms with E-state index in [2.05, 4.69) is 30.3 Å². The minimum atomic E-state index is -0.593. The molecule has 0 saturated heterocycles. The topological polar surface area (TPSA) is 90.0 Å². The monoisotopic (exact) mass is 348 g/mol. The maximum atomic E-state index is 12.2. The zero-order chi connectivity index (χ0) is 17.9. The molecule has 2 heterocycles. The second-order valence-corrected chi connectivity index (χ2v) is 7.31. The van der Waals surface area contributed by atoms with E-state index in [0.717, 1.165) is 12.8 Å². The van der Waals surface area contributed by atoms with Crippen molar-refractivity contribution >= 4 is 28.8 Å². The van der Waals surface area contributed by atoms with Crippen molar-refractivity contribution in [3.8, 4) is 0 Å². The van der Waals surface area contributed by atoms with Crippen LogP contribution in [0.2, 0.25) is 0 Å². The maximum absolute atomic E-state index is 12.2. The first-order valence-electron chi connectivity index (χ1n) is 8.04. The van der Waals surface area contributed by atoms with Crippen LogP contribution in [0.5, 0.6) is 0 Å². The van der Waals surface area contributed by atoms with Gasteiger partial charge in [-0.25, -0.2) is 0 Å². The van der Waals surface area contributed by atoms with Crippen LogP contribution in [-0.2, 0) is 24.7 Å². The zero-order valence-electron chi connectivity index (χ0n) is 14.6. The summed E-state index contributed by atoms with van der Waals surface area (Å²) >= 11 is 1.78. The molecule has 24 heavy (non-hydrogen) atoms. The highest BCUT2D eigenvalue weighted by molar-refractivity contribution is 7.12. The number of carbonyl (C=O) groups excluding carboxylic acids is 2. The van der Waals surface area contributed by atoms with Gasteiger partial charge in [0, 0.05) is 23.2 Å². The first-order chi connectivity index (χ1) is 11.3. The third-order valence-electron chi connectivity index (χ3n) is 3.95. The summed E-state index contributed by atoms with van der Waals surface area (Å²) in [6.07, 6.45) is 2.64. The average Bonchev–Trinajstić information content (AvgIpc) is 2.98. The van der Waals surface area contributed by atoms with Gasteiger partial charge in [-0.15, -0.1) is 11.3 Å². The number of nitrogens with zero attached hydrogens (tertiary/aromatic N) is 2. The van der Waals surface area contributed by atoms with Gasteiger partial charge in [0.2, 0.25) is 5.91 Å². The number of aromatic nitrogens is 2. The smallest absolute Gasteiger partial charge is 0.269 e. The predicted octanol–water partition coefficient (Wildman–Crippen LogP) is 2.72. The van der Waals surface area contributed by atoms with Crippen LogP contribution in [0.15, 0.2) is 6.07 Å². The van der Waals surface area contributed by atoms with E-state index in [1.807, 2.05) is 6.92 Å². The van der Waals surface area contributed by atoms with Gasteiger partial charge in [-0.1, -0.05) is 6.92 Å². The van der Waals surface area contributed by atoms with Gasteiger partial charge in [-0.05, 0) is 44.7 Å². The van der Waals surface area contributed by atoms with Gasteiger partial charge in [0.25, 0.3) is 5.91 Å². The molecule has 0 aliphatic heterocycles. The Hall–Kier alpha value is -2.15. The molecule has 2 aromatic heterocycles. The molecule has 0 aliphatic carbocycles. The first kappa shape index (κ1) is 18.2. The fourth-order valence-electron chi connectivity index (χ4n) is 2.81. The summed E-state index contributed by atoms with van der Waals surface area (Å²) in [4.78, 5) is 26.5. The number of thiophene rings is 1. The van der Waals surface area contributed by atoms with E-state index >= 15 is 0 Å². The van der Waals surface area contributed by atoms with Crippen LogP contribution >= 0.6 is 11.3 Å². The molecule has 0 aromatic carbocycles. The lowest BCUT2D eigenvalue weighted by Gasteiger charge is -2.07. The van der Waals surface area contributed by atoms with Gasteiger partial charge >= 0.3 is 0 Å². The SMILES string of the molecule is CCc1nn(C)c(C(N)=O)c1NC(=O)CCCc1cc(C)sc1C. The standard InChI is InChI=1S/C17H24N4O2S/c1-5-13-15(16(17(18)23)21(4)20-13)19-14(22)8-6-7-12-9-10(2)24-11(12)3/h9H,5-8H2,1-4H3,(H2,18,23)(H,19,22). The van der Waals surface area contributed by atoms with E-state index in [-0.39, 0.29) is 11.6 Å². The Kier molecular flexibility index (Phi) is 5.77. The Morgan fingerprint density at radius 3 is 2.62 bits per heavy atom. The largest absolute Gasteiger partial charge is 0.364 e. The number of anilines is 1. The lowest BCUT2D eigenvalue weighted by molar-refractivity contribution is -0.116. The number of primary amides is 1. The Bertz CT molecular complexity index is 761. The number of amides is 2. The highest BCUT2D eigenvalue weighted by atomic mass is 32.1. The highest BCUT2D eigenvalue weighted by Gasteiger charge is 2.20. The molecule has 2 amide bonds. The normalized spacial score (nSPS) is 10.8. The molecule has 0 bridgehead atoms. The van der Waals surface area contributed by atoms with Crippen molar-refractivity contribution < 1.29 is 9.59 Å². The molecule has 6 nitrogen and oxygen atoms in total. The van der Waals surface area contributed by atoms with Crippen molar-refractivity contribution in [2.75, 3.05) is 5.32 Å². The van der Waals surface area contributed by atoms with Gasteiger partial charge in [-0.2, -0.15) is 5.10 Å². The number of hydrogen-bond acceptors (Lipinski definition) is 4. The van der Waals surface area contributed by atoms with E-state index in [1.54, 1.807) is 18.4 Å². The molecular weight excluding hydrogens is 324 g/mol. The molecule has 0 aliphatic rings. The van der Waals surface area contributed by atoms with E-state index in [9.17, 15) is 9.59 Å². The number of nitrogens with two attached hydrogens (primary N) is 1. The summed E-state index contributed by atoms with van der Waals surface area (Å²) < 4.78 is 1.42. The molecule has 7 heteroatoms. The van der Waals surface area contributed by atoms with Crippen molar-refractivity contribution in [1.82, 2.24) is 9.78 Å². The Morgan fingerprint density at radius 2 is 2.08 bits per heavy atom. The van der Waals surface area contributed by atoms with Gasteiger partial charge in [0.1, 0.15) is 5.69 Å². The molecule has 0 fully saturated rings. The van der Waals surface area contributed by atoms with Crippen LogP contribution in [0.4, 0.5) is 5.69 Å². The number of rotatable bonds is 7. The van der Waals surface area contributed by atoms with Gasteiger partial charge in [0.15, 0.2) is 0 Å². The molecule has 0 saturated carbocycles. The van der Waals surface area contributed by atoms with Gasteiger partial charge < -0.3 is 11.1 Å². The van der Waals surface area contributed by atoms with Crippen molar-refractivity contribution in [3.63, 3.8) is 0 Å². The number of hydrogen-bond donors (Lipinski definition) is 2. The summed E-state index contributed by atoms with van der Waals surface area (Å²) in [6, 6.07) is 2.18. The summed E-state index contributed by atoms with van der Waals surface area (Å²) in [5.74, 6) is -0.714. The first-order valence-corrected chi connectivity index (χ1v) is 8.86. The molecule has 0 unspecified atom stereocenters. The summed E-state index contributed by atoms with van der Waals surface area (Å²) in [7, 11) is 1.65. The molecule has 2 aromatic rings. The van der Waals surface area contributed by atoms with E-state index < -0.39 is 5.91 Å². The molecule has 2 rings (SSSR count).